The summed E-state index contributed by atoms with van der Waals surface area (Å²) >= 11 is 0. The van der Waals surface area contributed by atoms with Crippen LogP contribution in [0.15, 0.2) is 107 Å². The van der Waals surface area contributed by atoms with Crippen molar-refractivity contribution >= 4 is 23.1 Å². The van der Waals surface area contributed by atoms with Crippen LogP contribution in [0.1, 0.15) is 19.8 Å². The van der Waals surface area contributed by atoms with Gasteiger partial charge in [-0.2, -0.15) is 0 Å². The lowest BCUT2D eigenvalue weighted by molar-refractivity contribution is 0.817. The molecule has 0 fully saturated rings. The van der Waals surface area contributed by atoms with Crippen LogP contribution in [0.25, 0.3) is 11.0 Å². The Hall–Kier alpha value is -3.53. The van der Waals surface area contributed by atoms with Crippen molar-refractivity contribution in [1.29, 1.82) is 0 Å². The Bertz CT molecular complexity index is 1070. The summed E-state index contributed by atoms with van der Waals surface area (Å²) in [5, 5.41) is 4.46. The Balaban J connectivity index is 1.79. The van der Waals surface area contributed by atoms with Gasteiger partial charge in [0.05, 0.1) is 0 Å². The number of hydrogen-bond acceptors (Lipinski definition) is 4. The van der Waals surface area contributed by atoms with Gasteiger partial charge in [-0.1, -0.05) is 62.1 Å². The van der Waals surface area contributed by atoms with E-state index < -0.39 is 0 Å². The number of hydrogen-bond donors (Lipinski definition) is 1. The zero-order valence-corrected chi connectivity index (χ0v) is 17.6. The van der Waals surface area contributed by atoms with E-state index in [1.807, 2.05) is 36.6 Å². The summed E-state index contributed by atoms with van der Waals surface area (Å²) < 4.78 is 0. The second-order valence-corrected chi connectivity index (χ2v) is 6.96. The zero-order chi connectivity index (χ0) is 21.2. The standard InChI is InChI=1S/C26H28N4/c1-4-8-24(29-25-17-16-22-11-7-18-28-26(22)30-25)23(19-27-3)10-6-9-21-14-12-20(5-2)13-15-21/h5-14,16-19,21H,2,4,15H2,1,3H3,(H,28,29,30)/b9-6+,23-10+,24-8-,27-19?. The minimum Gasteiger partial charge on any atom is -0.340 e. The maximum Gasteiger partial charge on any atom is 0.161 e. The molecule has 2 aromatic heterocycles. The van der Waals surface area contributed by atoms with E-state index >= 15 is 0 Å². The third-order valence-electron chi connectivity index (χ3n) is 4.75. The molecule has 4 nitrogen and oxygen atoms in total. The molecule has 30 heavy (non-hydrogen) atoms. The van der Waals surface area contributed by atoms with Crippen LogP contribution in [0, 0.1) is 5.92 Å². The zero-order valence-electron chi connectivity index (χ0n) is 17.6. The highest BCUT2D eigenvalue weighted by molar-refractivity contribution is 5.87. The molecule has 0 aliphatic heterocycles. The third-order valence-corrected chi connectivity index (χ3v) is 4.75. The Morgan fingerprint density at radius 3 is 2.97 bits per heavy atom. The molecule has 0 spiro atoms. The van der Waals surface area contributed by atoms with E-state index in [9.17, 15) is 0 Å². The SMILES string of the molecule is C=CC1=CCC(/C=C/C=C(C=NC)/C(=C/CC)Nc2ccc3cccnc3n2)C=C1. The molecule has 1 unspecified atom stereocenters. The van der Waals surface area contributed by atoms with E-state index in [-0.39, 0.29) is 0 Å². The smallest absolute Gasteiger partial charge is 0.161 e. The molecule has 2 heterocycles. The monoisotopic (exact) mass is 396 g/mol. The van der Waals surface area contributed by atoms with Gasteiger partial charge < -0.3 is 5.32 Å². The highest BCUT2D eigenvalue weighted by Gasteiger charge is 2.06. The van der Waals surface area contributed by atoms with Crippen molar-refractivity contribution < 1.29 is 0 Å². The number of nitrogens with zero attached hydrogens (tertiary/aromatic N) is 3. The largest absolute Gasteiger partial charge is 0.340 e. The molecule has 1 aliphatic carbocycles. The second kappa shape index (κ2) is 10.9. The van der Waals surface area contributed by atoms with Crippen LogP contribution in [0.3, 0.4) is 0 Å². The normalized spacial score (nSPS) is 17.7. The first-order chi connectivity index (χ1) is 14.7. The Labute approximate surface area is 178 Å². The molecule has 4 heteroatoms. The van der Waals surface area contributed by atoms with Crippen molar-refractivity contribution in [2.24, 2.45) is 10.9 Å². The highest BCUT2D eigenvalue weighted by Crippen LogP contribution is 2.20. The van der Waals surface area contributed by atoms with Crippen LogP contribution in [-0.4, -0.2) is 23.2 Å². The van der Waals surface area contributed by atoms with Crippen molar-refractivity contribution in [3.8, 4) is 0 Å². The van der Waals surface area contributed by atoms with Crippen molar-refractivity contribution in [2.75, 3.05) is 12.4 Å². The van der Waals surface area contributed by atoms with Crippen LogP contribution in [0.2, 0.25) is 0 Å². The van der Waals surface area contributed by atoms with Crippen LogP contribution in [0.5, 0.6) is 0 Å². The average molecular weight is 397 g/mol. The fourth-order valence-corrected chi connectivity index (χ4v) is 3.20. The fraction of sp³-hybridized carbons (Fsp3) is 0.192. The number of aromatic nitrogens is 2. The Kier molecular flexibility index (Phi) is 7.67. The van der Waals surface area contributed by atoms with E-state index in [0.29, 0.717) is 5.92 Å². The third kappa shape index (κ3) is 5.74. The number of nitrogens with one attached hydrogen (secondary N) is 1. The molecule has 0 aromatic carbocycles. The molecule has 0 saturated heterocycles. The molecule has 1 N–H and O–H groups in total. The van der Waals surface area contributed by atoms with Gasteiger partial charge in [0.25, 0.3) is 0 Å². The highest BCUT2D eigenvalue weighted by atomic mass is 15.0. The van der Waals surface area contributed by atoms with Gasteiger partial charge in [0.15, 0.2) is 5.65 Å². The van der Waals surface area contributed by atoms with E-state index in [4.69, 9.17) is 0 Å². The molecule has 0 radical (unpaired) electrons. The first-order valence-electron chi connectivity index (χ1n) is 10.2. The fourth-order valence-electron chi connectivity index (χ4n) is 3.20. The van der Waals surface area contributed by atoms with Gasteiger partial charge in [-0.15, -0.1) is 0 Å². The van der Waals surface area contributed by atoms with E-state index in [1.54, 1.807) is 13.2 Å². The van der Waals surface area contributed by atoms with Crippen LogP contribution < -0.4 is 5.32 Å². The molecule has 0 amide bonds. The minimum atomic E-state index is 0.393. The van der Waals surface area contributed by atoms with Gasteiger partial charge in [-0.05, 0) is 48.6 Å². The summed E-state index contributed by atoms with van der Waals surface area (Å²) in [5.41, 5.74) is 3.89. The molecular formula is C26H28N4. The number of anilines is 1. The van der Waals surface area contributed by atoms with Crippen LogP contribution in [-0.2, 0) is 0 Å². The van der Waals surface area contributed by atoms with Gasteiger partial charge in [0, 0.05) is 36.1 Å². The second-order valence-electron chi connectivity index (χ2n) is 6.96. The molecule has 152 valence electrons. The van der Waals surface area contributed by atoms with Crippen molar-refractivity contribution in [1.82, 2.24) is 9.97 Å². The van der Waals surface area contributed by atoms with Crippen molar-refractivity contribution in [3.63, 3.8) is 0 Å². The number of fused-ring (bicyclic) bond motifs is 1. The molecule has 3 rings (SSSR count). The molecule has 2 aromatic rings. The summed E-state index contributed by atoms with van der Waals surface area (Å²) in [7, 11) is 1.78. The lowest BCUT2D eigenvalue weighted by Crippen LogP contribution is -2.06. The van der Waals surface area contributed by atoms with Gasteiger partial charge in [-0.3, -0.25) is 4.99 Å². The van der Waals surface area contributed by atoms with Crippen LogP contribution >= 0.6 is 0 Å². The predicted molar refractivity (Wildman–Crippen MR) is 129 cm³/mol. The average Bonchev–Trinajstić information content (AvgIpc) is 2.78. The number of pyridine rings is 2. The molecule has 1 atom stereocenters. The van der Waals surface area contributed by atoms with Gasteiger partial charge >= 0.3 is 0 Å². The lowest BCUT2D eigenvalue weighted by Gasteiger charge is -2.12. The number of rotatable bonds is 8. The van der Waals surface area contributed by atoms with Gasteiger partial charge in [0.1, 0.15) is 5.82 Å². The Morgan fingerprint density at radius 2 is 2.23 bits per heavy atom. The Morgan fingerprint density at radius 1 is 1.33 bits per heavy atom. The van der Waals surface area contributed by atoms with E-state index in [0.717, 1.165) is 41.0 Å². The number of allylic oxidation sites excluding steroid dienone is 10. The summed E-state index contributed by atoms with van der Waals surface area (Å²) in [6, 6.07) is 7.92. The summed E-state index contributed by atoms with van der Waals surface area (Å²) in [4.78, 5) is 13.2. The summed E-state index contributed by atoms with van der Waals surface area (Å²) in [5.74, 6) is 1.15. The quantitative estimate of drug-likeness (QED) is 0.426. The first-order valence-corrected chi connectivity index (χ1v) is 10.2. The summed E-state index contributed by atoms with van der Waals surface area (Å²) in [6.07, 6.45) is 22.5. The minimum absolute atomic E-state index is 0.393. The van der Waals surface area contributed by atoms with E-state index in [2.05, 4.69) is 76.3 Å². The maximum absolute atomic E-state index is 4.63. The van der Waals surface area contributed by atoms with Crippen molar-refractivity contribution in [2.45, 2.75) is 19.8 Å². The lowest BCUT2D eigenvalue weighted by atomic mass is 9.96. The van der Waals surface area contributed by atoms with Gasteiger partial charge in [0.2, 0.25) is 0 Å². The topological polar surface area (TPSA) is 50.2 Å². The van der Waals surface area contributed by atoms with E-state index in [1.165, 1.54) is 5.57 Å². The maximum atomic E-state index is 4.63. The molecule has 1 aliphatic rings. The summed E-state index contributed by atoms with van der Waals surface area (Å²) in [6.45, 7) is 5.93. The van der Waals surface area contributed by atoms with Crippen molar-refractivity contribution in [3.05, 3.63) is 102 Å². The van der Waals surface area contributed by atoms with Gasteiger partial charge in [-0.25, -0.2) is 9.97 Å². The molecular weight excluding hydrogens is 368 g/mol. The number of aliphatic imine (C=N–C) groups is 1. The van der Waals surface area contributed by atoms with Crippen LogP contribution in [0.4, 0.5) is 5.82 Å². The predicted octanol–water partition coefficient (Wildman–Crippen LogP) is 6.21. The first kappa shape index (κ1) is 21.2. The molecule has 0 saturated carbocycles. The molecule has 0 bridgehead atoms.